The number of amides is 1. The molecule has 2 rings (SSSR count). The van der Waals surface area contributed by atoms with Gasteiger partial charge in [0.15, 0.2) is 5.89 Å². The summed E-state index contributed by atoms with van der Waals surface area (Å²) in [5.74, 6) is 1.05. The molecule has 0 saturated carbocycles. The van der Waals surface area contributed by atoms with Gasteiger partial charge < -0.3 is 9.73 Å². The molecule has 5 heteroatoms. The molecule has 2 aromatic rings. The van der Waals surface area contributed by atoms with Gasteiger partial charge in [-0.05, 0) is 19.1 Å². The van der Waals surface area contributed by atoms with Crippen LogP contribution in [0.5, 0.6) is 0 Å². The summed E-state index contributed by atoms with van der Waals surface area (Å²) in [4.78, 5) is 19.8. The van der Waals surface area contributed by atoms with Crippen LogP contribution in [0.15, 0.2) is 28.8 Å². The van der Waals surface area contributed by atoms with Crippen LogP contribution < -0.4 is 5.32 Å². The Kier molecular flexibility index (Phi) is 3.18. The molecular weight excluding hydrogens is 218 g/mol. The van der Waals surface area contributed by atoms with Crippen molar-refractivity contribution in [3.8, 4) is 0 Å². The van der Waals surface area contributed by atoms with Crippen LogP contribution in [-0.2, 0) is 6.54 Å². The zero-order valence-corrected chi connectivity index (χ0v) is 9.73. The van der Waals surface area contributed by atoms with Crippen molar-refractivity contribution in [1.82, 2.24) is 15.3 Å². The molecule has 1 N–H and O–H groups in total. The van der Waals surface area contributed by atoms with Crippen LogP contribution in [0.1, 0.15) is 27.8 Å². The van der Waals surface area contributed by atoms with E-state index in [0.717, 1.165) is 5.69 Å². The molecule has 0 aliphatic rings. The summed E-state index contributed by atoms with van der Waals surface area (Å²) in [6, 6.07) is 5.19. The van der Waals surface area contributed by atoms with Crippen molar-refractivity contribution >= 4 is 5.91 Å². The molecule has 88 valence electrons. The highest BCUT2D eigenvalue weighted by atomic mass is 16.4. The standard InChI is InChI=1S/C12H13N3O2/c1-8-11(17-9(2)15-8)7-14-12(16)10-5-3-4-6-13-10/h3-6H,7H2,1-2H3,(H,14,16). The first kappa shape index (κ1) is 11.3. The molecule has 0 saturated heterocycles. The first-order valence-corrected chi connectivity index (χ1v) is 5.29. The van der Waals surface area contributed by atoms with Gasteiger partial charge in [0.25, 0.3) is 5.91 Å². The number of hydrogen-bond acceptors (Lipinski definition) is 4. The first-order valence-electron chi connectivity index (χ1n) is 5.29. The molecule has 0 aliphatic carbocycles. The third-order valence-corrected chi connectivity index (χ3v) is 2.31. The number of carbonyl (C=O) groups excluding carboxylic acids is 1. The molecule has 0 bridgehead atoms. The zero-order chi connectivity index (χ0) is 12.3. The molecule has 0 atom stereocenters. The Bertz CT molecular complexity index is 520. The van der Waals surface area contributed by atoms with Crippen molar-refractivity contribution in [3.63, 3.8) is 0 Å². The van der Waals surface area contributed by atoms with Gasteiger partial charge >= 0.3 is 0 Å². The number of aryl methyl sites for hydroxylation is 2. The van der Waals surface area contributed by atoms with E-state index in [2.05, 4.69) is 15.3 Å². The van der Waals surface area contributed by atoms with Crippen LogP contribution in [0.3, 0.4) is 0 Å². The molecule has 0 aliphatic heterocycles. The van der Waals surface area contributed by atoms with Gasteiger partial charge in [-0.2, -0.15) is 0 Å². The highest BCUT2D eigenvalue weighted by Gasteiger charge is 2.10. The van der Waals surface area contributed by atoms with Crippen LogP contribution in [0.2, 0.25) is 0 Å². The smallest absolute Gasteiger partial charge is 0.270 e. The second-order valence-corrected chi connectivity index (χ2v) is 3.64. The van der Waals surface area contributed by atoms with Crippen LogP contribution in [-0.4, -0.2) is 15.9 Å². The fraction of sp³-hybridized carbons (Fsp3) is 0.250. The molecule has 5 nitrogen and oxygen atoms in total. The maximum Gasteiger partial charge on any atom is 0.270 e. The summed E-state index contributed by atoms with van der Waals surface area (Å²) in [5, 5.41) is 2.73. The van der Waals surface area contributed by atoms with Crippen LogP contribution >= 0.6 is 0 Å². The molecular formula is C12H13N3O2. The number of oxazole rings is 1. The normalized spacial score (nSPS) is 10.2. The third kappa shape index (κ3) is 2.69. The minimum Gasteiger partial charge on any atom is -0.444 e. The molecule has 2 aromatic heterocycles. The lowest BCUT2D eigenvalue weighted by Crippen LogP contribution is -2.23. The average molecular weight is 231 g/mol. The lowest BCUT2D eigenvalue weighted by Gasteiger charge is -2.02. The number of aromatic nitrogens is 2. The van der Waals surface area contributed by atoms with Gasteiger partial charge in [-0.3, -0.25) is 9.78 Å². The third-order valence-electron chi connectivity index (χ3n) is 2.31. The Balaban J connectivity index is 1.99. The highest BCUT2D eigenvalue weighted by molar-refractivity contribution is 5.92. The van der Waals surface area contributed by atoms with Gasteiger partial charge in [-0.1, -0.05) is 6.07 Å². The maximum atomic E-state index is 11.7. The molecule has 0 radical (unpaired) electrons. The van der Waals surface area contributed by atoms with Crippen molar-refractivity contribution in [1.29, 1.82) is 0 Å². The van der Waals surface area contributed by atoms with Crippen LogP contribution in [0, 0.1) is 13.8 Å². The molecule has 1 amide bonds. The van der Waals surface area contributed by atoms with E-state index in [1.807, 2.05) is 6.92 Å². The zero-order valence-electron chi connectivity index (χ0n) is 9.73. The largest absolute Gasteiger partial charge is 0.444 e. The summed E-state index contributed by atoms with van der Waals surface area (Å²) in [7, 11) is 0. The average Bonchev–Trinajstić information content (AvgIpc) is 2.66. The highest BCUT2D eigenvalue weighted by Crippen LogP contribution is 2.08. The van der Waals surface area contributed by atoms with Crippen LogP contribution in [0.25, 0.3) is 0 Å². The summed E-state index contributed by atoms with van der Waals surface area (Å²) >= 11 is 0. The molecule has 17 heavy (non-hydrogen) atoms. The maximum absolute atomic E-state index is 11.7. The number of nitrogens with one attached hydrogen (secondary N) is 1. The van der Waals surface area contributed by atoms with Gasteiger partial charge in [0.2, 0.25) is 0 Å². The lowest BCUT2D eigenvalue weighted by atomic mass is 10.3. The van der Waals surface area contributed by atoms with E-state index < -0.39 is 0 Å². The fourth-order valence-corrected chi connectivity index (χ4v) is 1.49. The summed E-state index contributed by atoms with van der Waals surface area (Å²) in [5.41, 5.74) is 1.19. The number of carbonyl (C=O) groups is 1. The summed E-state index contributed by atoms with van der Waals surface area (Å²) in [6.07, 6.45) is 1.58. The van der Waals surface area contributed by atoms with Crippen molar-refractivity contribution in [2.45, 2.75) is 20.4 Å². The first-order chi connectivity index (χ1) is 8.16. The predicted octanol–water partition coefficient (Wildman–Crippen LogP) is 1.62. The SMILES string of the molecule is Cc1nc(C)c(CNC(=O)c2ccccn2)o1. The van der Waals surface area contributed by atoms with Gasteiger partial charge in [0.1, 0.15) is 11.5 Å². The Morgan fingerprint density at radius 3 is 2.82 bits per heavy atom. The second kappa shape index (κ2) is 4.78. The number of pyridine rings is 1. The molecule has 0 aromatic carbocycles. The predicted molar refractivity (Wildman–Crippen MR) is 61.4 cm³/mol. The minimum atomic E-state index is -0.223. The van der Waals surface area contributed by atoms with E-state index in [4.69, 9.17) is 4.42 Å². The quantitative estimate of drug-likeness (QED) is 0.871. The molecule has 0 unspecified atom stereocenters. The van der Waals surface area contributed by atoms with Gasteiger partial charge in [0.05, 0.1) is 12.2 Å². The summed E-state index contributed by atoms with van der Waals surface area (Å²) < 4.78 is 5.35. The van der Waals surface area contributed by atoms with Crippen molar-refractivity contribution in [2.75, 3.05) is 0 Å². The van der Waals surface area contributed by atoms with E-state index in [-0.39, 0.29) is 5.91 Å². The Labute approximate surface area is 98.9 Å². The van der Waals surface area contributed by atoms with Gasteiger partial charge in [-0.25, -0.2) is 4.98 Å². The van der Waals surface area contributed by atoms with E-state index in [9.17, 15) is 4.79 Å². The molecule has 2 heterocycles. The van der Waals surface area contributed by atoms with Crippen molar-refractivity contribution in [2.24, 2.45) is 0 Å². The summed E-state index contributed by atoms with van der Waals surface area (Å²) in [6.45, 7) is 3.94. The number of hydrogen-bond donors (Lipinski definition) is 1. The van der Waals surface area contributed by atoms with Crippen molar-refractivity contribution < 1.29 is 9.21 Å². The number of nitrogens with zero attached hydrogens (tertiary/aromatic N) is 2. The molecule has 0 spiro atoms. The van der Waals surface area contributed by atoms with Crippen molar-refractivity contribution in [3.05, 3.63) is 47.4 Å². The Morgan fingerprint density at radius 1 is 1.41 bits per heavy atom. The molecule has 0 fully saturated rings. The van der Waals surface area contributed by atoms with Crippen LogP contribution in [0.4, 0.5) is 0 Å². The van der Waals surface area contributed by atoms with E-state index in [1.54, 1.807) is 31.3 Å². The topological polar surface area (TPSA) is 68.0 Å². The lowest BCUT2D eigenvalue weighted by molar-refractivity contribution is 0.0943. The van der Waals surface area contributed by atoms with E-state index in [1.165, 1.54) is 0 Å². The minimum absolute atomic E-state index is 0.223. The van der Waals surface area contributed by atoms with E-state index >= 15 is 0 Å². The monoisotopic (exact) mass is 231 g/mol. The second-order valence-electron chi connectivity index (χ2n) is 3.64. The Morgan fingerprint density at radius 2 is 2.24 bits per heavy atom. The van der Waals surface area contributed by atoms with Gasteiger partial charge in [-0.15, -0.1) is 0 Å². The fourth-order valence-electron chi connectivity index (χ4n) is 1.49. The Hall–Kier alpha value is -2.17. The van der Waals surface area contributed by atoms with Gasteiger partial charge in [0, 0.05) is 13.1 Å². The van der Waals surface area contributed by atoms with E-state index in [0.29, 0.717) is 23.9 Å². The number of rotatable bonds is 3.